The summed E-state index contributed by atoms with van der Waals surface area (Å²) in [7, 11) is 0. The molecule has 0 aliphatic heterocycles. The molecule has 112 valence electrons. The summed E-state index contributed by atoms with van der Waals surface area (Å²) in [5.41, 5.74) is -2.39. The Balaban J connectivity index is 2.48. The average Bonchev–Trinajstić information content (AvgIpc) is 2.36. The molecule has 0 aliphatic carbocycles. The van der Waals surface area contributed by atoms with Crippen LogP contribution in [-0.2, 0) is 12.4 Å². The van der Waals surface area contributed by atoms with Crippen LogP contribution < -0.4 is 5.56 Å². The molecule has 1 heterocycles. The predicted octanol–water partition coefficient (Wildman–Crippen LogP) is 3.47. The van der Waals surface area contributed by atoms with Gasteiger partial charge >= 0.3 is 12.4 Å². The lowest BCUT2D eigenvalue weighted by Crippen LogP contribution is -2.18. The van der Waals surface area contributed by atoms with Gasteiger partial charge in [0.2, 0.25) is 5.82 Å². The molecule has 0 bridgehead atoms. The number of nitrogens with zero attached hydrogens (tertiary/aromatic N) is 1. The van der Waals surface area contributed by atoms with Crippen molar-refractivity contribution >= 4 is 0 Å². The van der Waals surface area contributed by atoms with Gasteiger partial charge in [0, 0.05) is 11.6 Å². The first kappa shape index (κ1) is 15.1. The largest absolute Gasteiger partial charge is 0.449 e. The summed E-state index contributed by atoms with van der Waals surface area (Å²) in [5, 5.41) is 0. The number of benzene rings is 1. The van der Waals surface area contributed by atoms with Crippen molar-refractivity contribution in [3.05, 3.63) is 52.1 Å². The fraction of sp³-hybridized carbons (Fsp3) is 0.167. The van der Waals surface area contributed by atoms with Gasteiger partial charge < -0.3 is 4.98 Å². The predicted molar refractivity (Wildman–Crippen MR) is 60.3 cm³/mol. The number of halogens is 6. The first-order chi connectivity index (χ1) is 9.57. The Morgan fingerprint density at radius 2 is 1.48 bits per heavy atom. The van der Waals surface area contributed by atoms with E-state index in [9.17, 15) is 31.1 Å². The molecule has 0 atom stereocenters. The van der Waals surface area contributed by atoms with E-state index in [2.05, 4.69) is 4.98 Å². The van der Waals surface area contributed by atoms with E-state index in [1.165, 1.54) is 4.98 Å². The first-order valence-electron chi connectivity index (χ1n) is 5.43. The molecule has 0 fully saturated rings. The minimum atomic E-state index is -4.86. The summed E-state index contributed by atoms with van der Waals surface area (Å²) in [4.78, 5) is 15.9. The van der Waals surface area contributed by atoms with Gasteiger partial charge in [0.1, 0.15) is 0 Å². The van der Waals surface area contributed by atoms with Crippen molar-refractivity contribution in [3.8, 4) is 11.3 Å². The second kappa shape index (κ2) is 4.90. The average molecular weight is 308 g/mol. The molecule has 3 nitrogen and oxygen atoms in total. The number of aromatic amines is 1. The highest BCUT2D eigenvalue weighted by Gasteiger charge is 2.34. The van der Waals surface area contributed by atoms with Gasteiger partial charge in [-0.1, -0.05) is 12.1 Å². The molecule has 0 spiro atoms. The van der Waals surface area contributed by atoms with Crippen molar-refractivity contribution in [1.29, 1.82) is 0 Å². The molecule has 1 aromatic heterocycles. The van der Waals surface area contributed by atoms with Crippen molar-refractivity contribution < 1.29 is 26.3 Å². The quantitative estimate of drug-likeness (QED) is 0.820. The molecule has 21 heavy (non-hydrogen) atoms. The number of aromatic nitrogens is 2. The summed E-state index contributed by atoms with van der Waals surface area (Å²) < 4.78 is 74.7. The SMILES string of the molecule is O=c1cc(-c2ccc(C(F)(F)F)cc2)nc(C(F)(F)F)[nH]1. The zero-order chi connectivity index (χ0) is 15.8. The van der Waals surface area contributed by atoms with E-state index in [0.717, 1.165) is 18.2 Å². The van der Waals surface area contributed by atoms with Crippen LogP contribution in [0.4, 0.5) is 26.3 Å². The first-order valence-corrected chi connectivity index (χ1v) is 5.43. The van der Waals surface area contributed by atoms with E-state index >= 15 is 0 Å². The van der Waals surface area contributed by atoms with Gasteiger partial charge in [-0.05, 0) is 12.1 Å². The Labute approximate surface area is 113 Å². The Bertz CT molecular complexity index is 699. The summed E-state index contributed by atoms with van der Waals surface area (Å²) in [6, 6.07) is 4.07. The minimum Gasteiger partial charge on any atom is -0.303 e. The molecule has 0 radical (unpaired) electrons. The number of nitrogens with one attached hydrogen (secondary N) is 1. The van der Waals surface area contributed by atoms with Crippen LogP contribution in [0, 0.1) is 0 Å². The molecule has 1 N–H and O–H groups in total. The number of alkyl halides is 6. The molecule has 0 amide bonds. The summed E-state index contributed by atoms with van der Waals surface area (Å²) in [5.74, 6) is -1.51. The maximum Gasteiger partial charge on any atom is 0.449 e. The molecule has 0 unspecified atom stereocenters. The third kappa shape index (κ3) is 3.41. The van der Waals surface area contributed by atoms with Crippen LogP contribution in [0.1, 0.15) is 11.4 Å². The van der Waals surface area contributed by atoms with Crippen LogP contribution in [0.25, 0.3) is 11.3 Å². The van der Waals surface area contributed by atoms with E-state index < -0.39 is 29.3 Å². The molecule has 2 rings (SSSR count). The summed E-state index contributed by atoms with van der Waals surface area (Å²) in [6.45, 7) is 0. The van der Waals surface area contributed by atoms with E-state index in [0.29, 0.717) is 12.1 Å². The lowest BCUT2D eigenvalue weighted by atomic mass is 10.1. The standard InChI is InChI=1S/C12H6F6N2O/c13-11(14,15)7-3-1-6(2-4-7)8-5-9(21)20-10(19-8)12(16,17)18/h1-5H,(H,19,20,21). The van der Waals surface area contributed by atoms with Gasteiger partial charge in [0.15, 0.2) is 0 Å². The maximum absolute atomic E-state index is 12.5. The van der Waals surface area contributed by atoms with Gasteiger partial charge in [0.25, 0.3) is 5.56 Å². The number of rotatable bonds is 1. The maximum atomic E-state index is 12.5. The van der Waals surface area contributed by atoms with Crippen molar-refractivity contribution in [2.75, 3.05) is 0 Å². The van der Waals surface area contributed by atoms with Crippen LogP contribution in [0.5, 0.6) is 0 Å². The second-order valence-corrected chi connectivity index (χ2v) is 4.05. The normalized spacial score (nSPS) is 12.5. The molecule has 0 saturated heterocycles. The molecule has 1 aromatic carbocycles. The number of hydrogen-bond donors (Lipinski definition) is 1. The second-order valence-electron chi connectivity index (χ2n) is 4.05. The summed E-state index contributed by atoms with van der Waals surface area (Å²) in [6.07, 6.45) is -9.42. The minimum absolute atomic E-state index is 0.0281. The molecule has 2 aromatic rings. The molecular weight excluding hydrogens is 302 g/mol. The third-order valence-corrected chi connectivity index (χ3v) is 2.52. The van der Waals surface area contributed by atoms with Crippen LogP contribution in [0.2, 0.25) is 0 Å². The third-order valence-electron chi connectivity index (χ3n) is 2.52. The Morgan fingerprint density at radius 3 is 1.95 bits per heavy atom. The zero-order valence-corrected chi connectivity index (χ0v) is 10.0. The highest BCUT2D eigenvalue weighted by atomic mass is 19.4. The van der Waals surface area contributed by atoms with Crippen LogP contribution in [-0.4, -0.2) is 9.97 Å². The van der Waals surface area contributed by atoms with Crippen molar-refractivity contribution in [3.63, 3.8) is 0 Å². The van der Waals surface area contributed by atoms with Crippen LogP contribution >= 0.6 is 0 Å². The number of hydrogen-bond acceptors (Lipinski definition) is 2. The topological polar surface area (TPSA) is 45.8 Å². The van der Waals surface area contributed by atoms with Gasteiger partial charge in [-0.25, -0.2) is 4.98 Å². The highest BCUT2D eigenvalue weighted by Crippen LogP contribution is 2.31. The lowest BCUT2D eigenvalue weighted by molar-refractivity contribution is -0.145. The van der Waals surface area contributed by atoms with Crippen molar-refractivity contribution in [2.24, 2.45) is 0 Å². The lowest BCUT2D eigenvalue weighted by Gasteiger charge is -2.09. The van der Waals surface area contributed by atoms with Crippen LogP contribution in [0.3, 0.4) is 0 Å². The monoisotopic (exact) mass is 308 g/mol. The van der Waals surface area contributed by atoms with E-state index in [1.54, 1.807) is 0 Å². The number of H-pyrrole nitrogens is 1. The van der Waals surface area contributed by atoms with E-state index in [4.69, 9.17) is 0 Å². The Hall–Kier alpha value is -2.32. The van der Waals surface area contributed by atoms with E-state index in [1.807, 2.05) is 0 Å². The van der Waals surface area contributed by atoms with E-state index in [-0.39, 0.29) is 11.3 Å². The van der Waals surface area contributed by atoms with Gasteiger partial charge in [-0.15, -0.1) is 0 Å². The van der Waals surface area contributed by atoms with Gasteiger partial charge in [0.05, 0.1) is 11.3 Å². The Morgan fingerprint density at radius 1 is 0.905 bits per heavy atom. The van der Waals surface area contributed by atoms with Crippen molar-refractivity contribution in [1.82, 2.24) is 9.97 Å². The fourth-order valence-electron chi connectivity index (χ4n) is 1.57. The van der Waals surface area contributed by atoms with Crippen LogP contribution in [0.15, 0.2) is 35.1 Å². The summed E-state index contributed by atoms with van der Waals surface area (Å²) >= 11 is 0. The van der Waals surface area contributed by atoms with Gasteiger partial charge in [-0.3, -0.25) is 4.79 Å². The molecular formula is C12H6F6N2O. The molecule has 0 aliphatic rings. The Kier molecular flexibility index (Phi) is 3.52. The zero-order valence-electron chi connectivity index (χ0n) is 10.0. The fourth-order valence-corrected chi connectivity index (χ4v) is 1.57. The molecule has 9 heteroatoms. The highest BCUT2D eigenvalue weighted by molar-refractivity contribution is 5.59. The molecule has 0 saturated carbocycles. The van der Waals surface area contributed by atoms with Gasteiger partial charge in [-0.2, -0.15) is 26.3 Å². The smallest absolute Gasteiger partial charge is 0.303 e. The van der Waals surface area contributed by atoms with Crippen molar-refractivity contribution in [2.45, 2.75) is 12.4 Å².